The van der Waals surface area contributed by atoms with Crippen molar-refractivity contribution in [3.63, 3.8) is 0 Å². The molecule has 1 fully saturated rings. The fourth-order valence-electron chi connectivity index (χ4n) is 3.47. The zero-order chi connectivity index (χ0) is 21.0. The summed E-state index contributed by atoms with van der Waals surface area (Å²) in [6.45, 7) is 2.26. The zero-order valence-electron chi connectivity index (χ0n) is 16.4. The van der Waals surface area contributed by atoms with Gasteiger partial charge in [0.1, 0.15) is 11.6 Å². The van der Waals surface area contributed by atoms with Gasteiger partial charge in [0.2, 0.25) is 15.2 Å². The largest absolute Gasteiger partial charge is 0.345 e. The van der Waals surface area contributed by atoms with Crippen LogP contribution < -0.4 is 4.90 Å². The van der Waals surface area contributed by atoms with Crippen LogP contribution >= 0.6 is 11.5 Å². The Morgan fingerprint density at radius 2 is 1.70 bits per heavy atom. The highest BCUT2D eigenvalue weighted by Crippen LogP contribution is 2.22. The van der Waals surface area contributed by atoms with Crippen molar-refractivity contribution in [2.24, 2.45) is 0 Å². The Labute approximate surface area is 180 Å². The van der Waals surface area contributed by atoms with Crippen LogP contribution in [0, 0.1) is 5.82 Å². The third-order valence-electron chi connectivity index (χ3n) is 5.04. The molecular formula is C21H23FN4O2S2. The smallest absolute Gasteiger partial charge is 0.218 e. The van der Waals surface area contributed by atoms with E-state index >= 15 is 0 Å². The molecule has 2 aromatic carbocycles. The van der Waals surface area contributed by atoms with Gasteiger partial charge in [-0.1, -0.05) is 42.5 Å². The molecule has 2 heterocycles. The average Bonchev–Trinajstić information content (AvgIpc) is 3.04. The molecule has 1 aromatic heterocycles. The highest BCUT2D eigenvalue weighted by molar-refractivity contribution is 7.88. The predicted octanol–water partition coefficient (Wildman–Crippen LogP) is 3.31. The summed E-state index contributed by atoms with van der Waals surface area (Å²) in [7, 11) is -3.36. The number of halogens is 1. The number of hydrogen-bond acceptors (Lipinski definition) is 6. The van der Waals surface area contributed by atoms with Crippen LogP contribution in [0.5, 0.6) is 0 Å². The molecular weight excluding hydrogens is 423 g/mol. The number of benzene rings is 2. The van der Waals surface area contributed by atoms with E-state index in [2.05, 4.69) is 14.3 Å². The van der Waals surface area contributed by atoms with Gasteiger partial charge in [-0.3, -0.25) is 0 Å². The lowest BCUT2D eigenvalue weighted by Gasteiger charge is -2.21. The summed E-state index contributed by atoms with van der Waals surface area (Å²) in [5.74, 6) is 0.454. The van der Waals surface area contributed by atoms with Crippen molar-refractivity contribution in [3.05, 3.63) is 77.4 Å². The Morgan fingerprint density at radius 1 is 0.933 bits per heavy atom. The second kappa shape index (κ2) is 9.20. The van der Waals surface area contributed by atoms with Crippen LogP contribution in [0.3, 0.4) is 0 Å². The quantitative estimate of drug-likeness (QED) is 0.581. The third kappa shape index (κ3) is 5.21. The van der Waals surface area contributed by atoms with Gasteiger partial charge in [0.15, 0.2) is 0 Å². The van der Waals surface area contributed by atoms with Gasteiger partial charge >= 0.3 is 0 Å². The summed E-state index contributed by atoms with van der Waals surface area (Å²) in [6, 6.07) is 15.6. The van der Waals surface area contributed by atoms with E-state index in [1.54, 1.807) is 16.4 Å². The van der Waals surface area contributed by atoms with Crippen molar-refractivity contribution in [2.45, 2.75) is 18.6 Å². The second-order valence-corrected chi connectivity index (χ2v) is 9.98. The highest BCUT2D eigenvalue weighted by atomic mass is 32.2. The maximum absolute atomic E-state index is 13.1. The second-order valence-electron chi connectivity index (χ2n) is 7.28. The first-order valence-corrected chi connectivity index (χ1v) is 12.2. The molecule has 0 radical (unpaired) electrons. The maximum Gasteiger partial charge on any atom is 0.218 e. The molecule has 0 unspecified atom stereocenters. The maximum atomic E-state index is 13.1. The molecule has 0 N–H and O–H groups in total. The number of hydrogen-bond donors (Lipinski definition) is 0. The van der Waals surface area contributed by atoms with Gasteiger partial charge in [-0.2, -0.15) is 8.68 Å². The topological polar surface area (TPSA) is 66.4 Å². The Morgan fingerprint density at radius 3 is 2.47 bits per heavy atom. The summed E-state index contributed by atoms with van der Waals surface area (Å²) in [5.41, 5.74) is 1.75. The van der Waals surface area contributed by atoms with Gasteiger partial charge in [-0.15, -0.1) is 0 Å². The molecule has 3 aromatic rings. The fraction of sp³-hybridized carbons (Fsp3) is 0.333. The average molecular weight is 447 g/mol. The standard InChI is InChI=1S/C21H23FN4O2S2/c22-19-9-7-17(8-10-19)15-20-23-21(29-24-20)25-11-4-12-26(14-13-25)30(27,28)16-18-5-2-1-3-6-18/h1-3,5-10H,4,11-16H2. The molecule has 0 aliphatic carbocycles. The summed E-state index contributed by atoms with van der Waals surface area (Å²) >= 11 is 1.32. The molecule has 6 nitrogen and oxygen atoms in total. The summed E-state index contributed by atoms with van der Waals surface area (Å²) in [6.07, 6.45) is 1.28. The van der Waals surface area contributed by atoms with Gasteiger partial charge < -0.3 is 4.90 Å². The molecule has 1 aliphatic heterocycles. The van der Waals surface area contributed by atoms with E-state index in [0.29, 0.717) is 31.9 Å². The number of anilines is 1. The summed E-state index contributed by atoms with van der Waals surface area (Å²) in [5, 5.41) is 0.800. The fourth-order valence-corrected chi connectivity index (χ4v) is 5.77. The Balaban J connectivity index is 1.38. The van der Waals surface area contributed by atoms with E-state index in [-0.39, 0.29) is 11.6 Å². The molecule has 0 atom stereocenters. The third-order valence-corrected chi connectivity index (χ3v) is 7.71. The van der Waals surface area contributed by atoms with Crippen LogP contribution in [0.1, 0.15) is 23.4 Å². The van der Waals surface area contributed by atoms with E-state index in [1.165, 1.54) is 23.7 Å². The van der Waals surface area contributed by atoms with E-state index in [9.17, 15) is 12.8 Å². The molecule has 0 bridgehead atoms. The Hall–Kier alpha value is -2.36. The Kier molecular flexibility index (Phi) is 6.40. The summed E-state index contributed by atoms with van der Waals surface area (Å²) in [4.78, 5) is 6.72. The van der Waals surface area contributed by atoms with Crippen LogP contribution in [-0.2, 0) is 22.2 Å². The molecule has 1 aliphatic rings. The SMILES string of the molecule is O=S(=O)(Cc1ccccc1)N1CCCN(c2nc(Cc3ccc(F)cc3)ns2)CC1. The Bertz CT molecular complexity index is 1070. The van der Waals surface area contributed by atoms with Crippen LogP contribution in [0.25, 0.3) is 0 Å². The zero-order valence-corrected chi connectivity index (χ0v) is 18.1. The minimum absolute atomic E-state index is 0.0223. The highest BCUT2D eigenvalue weighted by Gasteiger charge is 2.26. The summed E-state index contributed by atoms with van der Waals surface area (Å²) < 4.78 is 44.8. The van der Waals surface area contributed by atoms with Crippen molar-refractivity contribution >= 4 is 26.7 Å². The van der Waals surface area contributed by atoms with Crippen molar-refractivity contribution in [2.75, 3.05) is 31.1 Å². The normalized spacial score (nSPS) is 15.8. The van der Waals surface area contributed by atoms with E-state index < -0.39 is 10.0 Å². The molecule has 0 spiro atoms. The first-order chi connectivity index (χ1) is 14.5. The number of sulfonamides is 1. The molecule has 0 saturated carbocycles. The predicted molar refractivity (Wildman–Crippen MR) is 117 cm³/mol. The monoisotopic (exact) mass is 446 g/mol. The molecule has 1 saturated heterocycles. The van der Waals surface area contributed by atoms with E-state index in [0.717, 1.165) is 29.2 Å². The van der Waals surface area contributed by atoms with Crippen molar-refractivity contribution in [3.8, 4) is 0 Å². The molecule has 9 heteroatoms. The number of aromatic nitrogens is 2. The lowest BCUT2D eigenvalue weighted by molar-refractivity contribution is 0.432. The minimum atomic E-state index is -3.36. The van der Waals surface area contributed by atoms with Crippen molar-refractivity contribution in [1.82, 2.24) is 13.7 Å². The van der Waals surface area contributed by atoms with Gasteiger partial charge in [-0.25, -0.2) is 17.8 Å². The molecule has 0 amide bonds. The first-order valence-electron chi connectivity index (χ1n) is 9.83. The van der Waals surface area contributed by atoms with Crippen molar-refractivity contribution < 1.29 is 12.8 Å². The molecule has 30 heavy (non-hydrogen) atoms. The van der Waals surface area contributed by atoms with Crippen LogP contribution in [0.2, 0.25) is 0 Å². The molecule has 158 valence electrons. The van der Waals surface area contributed by atoms with E-state index in [4.69, 9.17) is 0 Å². The number of rotatable bonds is 6. The van der Waals surface area contributed by atoms with Gasteiger partial charge in [-0.05, 0) is 29.7 Å². The lowest BCUT2D eigenvalue weighted by atomic mass is 10.1. The minimum Gasteiger partial charge on any atom is -0.345 e. The van der Waals surface area contributed by atoms with Crippen LogP contribution in [-0.4, -0.2) is 48.3 Å². The van der Waals surface area contributed by atoms with Gasteiger partial charge in [0, 0.05) is 44.1 Å². The van der Waals surface area contributed by atoms with Crippen molar-refractivity contribution in [1.29, 1.82) is 0 Å². The van der Waals surface area contributed by atoms with Gasteiger partial charge in [0.25, 0.3) is 0 Å². The van der Waals surface area contributed by atoms with Gasteiger partial charge in [0.05, 0.1) is 5.75 Å². The number of nitrogens with zero attached hydrogens (tertiary/aromatic N) is 4. The van der Waals surface area contributed by atoms with Crippen LogP contribution in [0.15, 0.2) is 54.6 Å². The van der Waals surface area contributed by atoms with Crippen LogP contribution in [0.4, 0.5) is 9.52 Å². The molecule has 4 rings (SSSR count). The lowest BCUT2D eigenvalue weighted by Crippen LogP contribution is -2.36. The first kappa shape index (κ1) is 20.9. The van der Waals surface area contributed by atoms with E-state index in [1.807, 2.05) is 30.3 Å².